The van der Waals surface area contributed by atoms with Crippen molar-refractivity contribution in [2.24, 2.45) is 46.3 Å². The number of hydrogen-bond acceptors (Lipinski definition) is 5. The lowest BCUT2D eigenvalue weighted by Gasteiger charge is -2.62. The van der Waals surface area contributed by atoms with Crippen LogP contribution in [0.4, 0.5) is 0 Å². The summed E-state index contributed by atoms with van der Waals surface area (Å²) in [5, 5.41) is 47.5. The van der Waals surface area contributed by atoms with E-state index in [-0.39, 0.29) is 29.5 Å². The number of carbonyl (C=O) groups is 1. The Balaban J connectivity index is 0.000000481. The summed E-state index contributed by atoms with van der Waals surface area (Å²) in [6.45, 7) is 10.1. The Morgan fingerprint density at radius 2 is 1.56 bits per heavy atom. The van der Waals surface area contributed by atoms with Gasteiger partial charge in [0.05, 0.1) is 24.4 Å². The second kappa shape index (κ2) is 10.7. The summed E-state index contributed by atoms with van der Waals surface area (Å²) in [5.41, 5.74) is 0.216. The monoisotopic (exact) mass is 482 g/mol. The van der Waals surface area contributed by atoms with Gasteiger partial charge in [-0.2, -0.15) is 0 Å². The van der Waals surface area contributed by atoms with Crippen LogP contribution < -0.4 is 0 Å². The third kappa shape index (κ3) is 5.21. The molecule has 0 aromatic carbocycles. The molecule has 4 saturated carbocycles. The molecule has 4 rings (SSSR count). The van der Waals surface area contributed by atoms with Gasteiger partial charge in [0.15, 0.2) is 0 Å². The van der Waals surface area contributed by atoms with Crippen LogP contribution in [0.2, 0.25) is 0 Å². The van der Waals surface area contributed by atoms with Crippen molar-refractivity contribution in [3.05, 3.63) is 0 Å². The molecule has 4 aliphatic carbocycles. The van der Waals surface area contributed by atoms with E-state index in [1.165, 1.54) is 19.3 Å². The van der Waals surface area contributed by atoms with Crippen molar-refractivity contribution in [3.8, 4) is 0 Å². The first-order chi connectivity index (χ1) is 15.8. The second-order valence-corrected chi connectivity index (χ2v) is 12.8. The molecule has 0 radical (unpaired) electrons. The fraction of sp³-hybridized carbons (Fsp3) is 0.964. The van der Waals surface area contributed by atoms with Crippen LogP contribution in [0.5, 0.6) is 0 Å². The van der Waals surface area contributed by atoms with Gasteiger partial charge >= 0.3 is 5.97 Å². The van der Waals surface area contributed by atoms with E-state index >= 15 is 0 Å². The lowest BCUT2D eigenvalue weighted by atomic mass is 9.43. The number of hydrogen-bond donors (Lipinski definition) is 5. The Labute approximate surface area is 206 Å². The van der Waals surface area contributed by atoms with E-state index in [0.29, 0.717) is 35.5 Å². The van der Waals surface area contributed by atoms with E-state index in [1.54, 1.807) is 13.8 Å². The predicted octanol–water partition coefficient (Wildman–Crippen LogP) is 4.23. The number of fused-ring (bicyclic) bond motifs is 5. The molecule has 4 fully saturated rings. The molecule has 0 saturated heterocycles. The van der Waals surface area contributed by atoms with Gasteiger partial charge < -0.3 is 25.5 Å². The first-order valence-electron chi connectivity index (χ1n) is 13.8. The number of aliphatic hydroxyl groups excluding tert-OH is 4. The van der Waals surface area contributed by atoms with Gasteiger partial charge in [-0.25, -0.2) is 0 Å². The summed E-state index contributed by atoms with van der Waals surface area (Å²) >= 11 is 0. The van der Waals surface area contributed by atoms with E-state index in [0.717, 1.165) is 38.5 Å². The molecule has 0 aromatic heterocycles. The van der Waals surface area contributed by atoms with Crippen LogP contribution in [-0.2, 0) is 4.79 Å². The summed E-state index contributed by atoms with van der Waals surface area (Å²) in [7, 11) is 0. The molecule has 5 N–H and O–H groups in total. The van der Waals surface area contributed by atoms with E-state index in [1.807, 2.05) is 0 Å². The second-order valence-electron chi connectivity index (χ2n) is 12.8. The lowest BCUT2D eigenvalue weighted by Crippen LogP contribution is -2.58. The molecule has 34 heavy (non-hydrogen) atoms. The zero-order valence-corrected chi connectivity index (χ0v) is 22.0. The first-order valence-corrected chi connectivity index (χ1v) is 13.8. The van der Waals surface area contributed by atoms with Gasteiger partial charge in [-0.05, 0) is 118 Å². The number of aliphatic hydroxyl groups is 4. The van der Waals surface area contributed by atoms with E-state index < -0.39 is 18.2 Å². The highest BCUT2D eigenvalue weighted by molar-refractivity contribution is 5.66. The minimum atomic E-state index is -0.707. The van der Waals surface area contributed by atoms with Crippen molar-refractivity contribution >= 4 is 5.97 Å². The standard InChI is InChI=1S/C24H40O4.C4H10O2/c1-14(4-9-22(27)28)18-7-8-19-17-6-5-15-12-16(25)10-11-23(15,2)20(17)13-21(26)24(18,19)3;1-3(5)4(2)6/h14-21,25-26H,4-13H2,1-3H3,(H,27,28);3-6H,1-2H3/t14-,15?,16-,17+,18-,19+,20+,21+,23+,24-;/m1./s1. The number of rotatable bonds is 5. The topological polar surface area (TPSA) is 118 Å². The van der Waals surface area contributed by atoms with E-state index in [2.05, 4.69) is 20.8 Å². The van der Waals surface area contributed by atoms with Crippen molar-refractivity contribution < 1.29 is 30.3 Å². The zero-order chi connectivity index (χ0) is 25.4. The van der Waals surface area contributed by atoms with Crippen molar-refractivity contribution in [3.63, 3.8) is 0 Å². The fourth-order valence-corrected chi connectivity index (χ4v) is 8.71. The molecule has 0 aliphatic heterocycles. The molecule has 0 aromatic rings. The Bertz CT molecular complexity index is 688. The van der Waals surface area contributed by atoms with E-state index in [4.69, 9.17) is 15.3 Å². The summed E-state index contributed by atoms with van der Waals surface area (Å²) in [5.74, 6) is 2.55. The van der Waals surface area contributed by atoms with Crippen LogP contribution in [0.15, 0.2) is 0 Å². The van der Waals surface area contributed by atoms with Gasteiger partial charge in [0, 0.05) is 6.42 Å². The average Bonchev–Trinajstić information content (AvgIpc) is 3.12. The molecule has 0 bridgehead atoms. The largest absolute Gasteiger partial charge is 0.481 e. The SMILES string of the molecule is CC(O)C(C)O.C[C@H](CCC(=O)O)[C@H]1CC[C@H]2[C@@H]3CCC4C[C@H](O)CC[C@]4(C)[C@H]3C[C@H](O)[C@]12C. The van der Waals surface area contributed by atoms with E-state index in [9.17, 15) is 15.0 Å². The average molecular weight is 483 g/mol. The maximum absolute atomic E-state index is 11.5. The number of carboxylic acid groups (broad SMARTS) is 1. The highest BCUT2D eigenvalue weighted by atomic mass is 16.4. The molecule has 6 heteroatoms. The molecule has 198 valence electrons. The molecular weight excluding hydrogens is 432 g/mol. The van der Waals surface area contributed by atoms with Gasteiger partial charge in [0.1, 0.15) is 0 Å². The van der Waals surface area contributed by atoms with Crippen LogP contribution in [0, 0.1) is 46.3 Å². The Morgan fingerprint density at radius 3 is 2.15 bits per heavy atom. The number of aliphatic carboxylic acids is 1. The molecule has 12 atom stereocenters. The first kappa shape index (κ1) is 27.9. The third-order valence-electron chi connectivity index (χ3n) is 11.0. The zero-order valence-electron chi connectivity index (χ0n) is 22.0. The summed E-state index contributed by atoms with van der Waals surface area (Å²) < 4.78 is 0. The fourth-order valence-electron chi connectivity index (χ4n) is 8.71. The molecule has 0 heterocycles. The quantitative estimate of drug-likeness (QED) is 0.400. The third-order valence-corrected chi connectivity index (χ3v) is 11.0. The lowest BCUT2D eigenvalue weighted by molar-refractivity contribution is -0.175. The summed E-state index contributed by atoms with van der Waals surface area (Å²) in [6, 6.07) is 0. The van der Waals surface area contributed by atoms with Gasteiger partial charge in [-0.1, -0.05) is 20.8 Å². The Kier molecular flexibility index (Phi) is 8.81. The van der Waals surface area contributed by atoms with Gasteiger partial charge in [0.25, 0.3) is 0 Å². The van der Waals surface area contributed by atoms with Gasteiger partial charge in [-0.3, -0.25) is 4.79 Å². The van der Waals surface area contributed by atoms with Gasteiger partial charge in [-0.15, -0.1) is 0 Å². The maximum Gasteiger partial charge on any atom is 0.303 e. The van der Waals surface area contributed by atoms with Crippen molar-refractivity contribution in [1.29, 1.82) is 0 Å². The molecular formula is C28H50O6. The van der Waals surface area contributed by atoms with Crippen LogP contribution in [-0.4, -0.2) is 55.9 Å². The highest BCUT2D eigenvalue weighted by Gasteiger charge is 2.63. The minimum absolute atomic E-state index is 0.0591. The summed E-state index contributed by atoms with van der Waals surface area (Å²) in [4.78, 5) is 11.1. The van der Waals surface area contributed by atoms with Crippen LogP contribution in [0.25, 0.3) is 0 Å². The summed E-state index contributed by atoms with van der Waals surface area (Å²) in [6.07, 6.45) is 8.07. The molecule has 3 unspecified atom stereocenters. The molecule has 4 aliphatic rings. The normalized spacial score (nSPS) is 46.1. The smallest absolute Gasteiger partial charge is 0.303 e. The molecule has 0 amide bonds. The van der Waals surface area contributed by atoms with Crippen LogP contribution in [0.1, 0.15) is 98.8 Å². The number of carboxylic acids is 1. The van der Waals surface area contributed by atoms with Crippen molar-refractivity contribution in [2.45, 2.75) is 123 Å². The molecule has 6 nitrogen and oxygen atoms in total. The van der Waals surface area contributed by atoms with Crippen molar-refractivity contribution in [2.75, 3.05) is 0 Å². The Morgan fingerprint density at radius 1 is 0.912 bits per heavy atom. The van der Waals surface area contributed by atoms with Crippen LogP contribution in [0.3, 0.4) is 0 Å². The predicted molar refractivity (Wildman–Crippen MR) is 132 cm³/mol. The molecule has 0 spiro atoms. The van der Waals surface area contributed by atoms with Crippen LogP contribution >= 0.6 is 0 Å². The minimum Gasteiger partial charge on any atom is -0.481 e. The highest BCUT2D eigenvalue weighted by Crippen LogP contribution is 2.68. The Hall–Kier alpha value is -0.690. The maximum atomic E-state index is 11.5. The van der Waals surface area contributed by atoms with Gasteiger partial charge in [0.2, 0.25) is 0 Å². The van der Waals surface area contributed by atoms with Crippen molar-refractivity contribution in [1.82, 2.24) is 0 Å².